The largest absolute Gasteiger partial charge is 0.448 e. The van der Waals surface area contributed by atoms with Gasteiger partial charge in [0.15, 0.2) is 6.73 Å². The lowest BCUT2D eigenvalue weighted by atomic mass is 9.98. The van der Waals surface area contributed by atoms with Gasteiger partial charge in [-0.1, -0.05) is 54.6 Å². The van der Waals surface area contributed by atoms with E-state index in [1.54, 1.807) is 6.08 Å². The number of carbonyl (C=O) groups is 2. The third kappa shape index (κ3) is 3.10. The molecule has 1 saturated heterocycles. The molecule has 0 radical (unpaired) electrons. The summed E-state index contributed by atoms with van der Waals surface area (Å²) in [6.45, 7) is 3.83. The van der Waals surface area contributed by atoms with Gasteiger partial charge in [0, 0.05) is 5.92 Å². The normalized spacial score (nSPS) is 18.0. The second kappa shape index (κ2) is 7.27. The van der Waals surface area contributed by atoms with Crippen molar-refractivity contribution in [2.75, 3.05) is 13.3 Å². The highest BCUT2D eigenvalue weighted by atomic mass is 16.6. The minimum Gasteiger partial charge on any atom is -0.448 e. The van der Waals surface area contributed by atoms with Crippen molar-refractivity contribution in [1.82, 2.24) is 4.90 Å². The predicted octanol–water partition coefficient (Wildman–Crippen LogP) is 4.09. The molecule has 5 heteroatoms. The van der Waals surface area contributed by atoms with Gasteiger partial charge >= 0.3 is 12.1 Å². The Labute approximate surface area is 158 Å². The number of amides is 1. The number of esters is 1. The average Bonchev–Trinajstić information content (AvgIpc) is 3.22. The maximum Gasteiger partial charge on any atom is 0.413 e. The first-order chi connectivity index (χ1) is 13.2. The zero-order chi connectivity index (χ0) is 18.8. The van der Waals surface area contributed by atoms with E-state index in [1.165, 1.54) is 16.0 Å². The Balaban J connectivity index is 1.49. The summed E-state index contributed by atoms with van der Waals surface area (Å²) in [5, 5.41) is 0. The molecule has 0 bridgehead atoms. The van der Waals surface area contributed by atoms with E-state index < -0.39 is 12.1 Å². The standard InChI is InChI=1S/C22H21NO4/c1-2-3-12-20-21(24)27-14-23(20)22(25)26-13-19-17-10-6-4-8-15(17)16-9-5-7-11-18(16)19/h2,4-11,19-20H,1,3,12-14H2. The van der Waals surface area contributed by atoms with Crippen molar-refractivity contribution in [3.63, 3.8) is 0 Å². The van der Waals surface area contributed by atoms with Crippen LogP contribution in [0, 0.1) is 0 Å². The summed E-state index contributed by atoms with van der Waals surface area (Å²) in [7, 11) is 0. The molecule has 1 fully saturated rings. The number of ether oxygens (including phenoxy) is 2. The van der Waals surface area contributed by atoms with Gasteiger partial charge in [-0.15, -0.1) is 6.58 Å². The Hall–Kier alpha value is -3.08. The Kier molecular flexibility index (Phi) is 4.67. The van der Waals surface area contributed by atoms with E-state index in [2.05, 4.69) is 30.8 Å². The predicted molar refractivity (Wildman–Crippen MR) is 101 cm³/mol. The number of nitrogens with zero attached hydrogens (tertiary/aromatic N) is 1. The number of hydrogen-bond acceptors (Lipinski definition) is 4. The molecule has 1 unspecified atom stereocenters. The summed E-state index contributed by atoms with van der Waals surface area (Å²) < 4.78 is 10.6. The van der Waals surface area contributed by atoms with E-state index in [9.17, 15) is 9.59 Å². The van der Waals surface area contributed by atoms with Gasteiger partial charge in [-0.05, 0) is 35.1 Å². The van der Waals surface area contributed by atoms with Crippen LogP contribution < -0.4 is 0 Å². The van der Waals surface area contributed by atoms with Gasteiger partial charge in [0.1, 0.15) is 12.6 Å². The van der Waals surface area contributed by atoms with E-state index in [0.717, 1.165) is 11.1 Å². The fourth-order valence-electron chi connectivity index (χ4n) is 3.85. The number of allylic oxidation sites excluding steroid dienone is 1. The van der Waals surface area contributed by atoms with Crippen molar-refractivity contribution in [3.05, 3.63) is 72.3 Å². The molecule has 0 spiro atoms. The van der Waals surface area contributed by atoms with Gasteiger partial charge < -0.3 is 9.47 Å². The fraction of sp³-hybridized carbons (Fsp3) is 0.273. The van der Waals surface area contributed by atoms with E-state index >= 15 is 0 Å². The van der Waals surface area contributed by atoms with Crippen LogP contribution in [-0.4, -0.2) is 36.3 Å². The van der Waals surface area contributed by atoms with Crippen molar-refractivity contribution < 1.29 is 19.1 Å². The van der Waals surface area contributed by atoms with Crippen molar-refractivity contribution >= 4 is 12.1 Å². The SMILES string of the molecule is C=CCCC1C(=O)OCN1C(=O)OCC1c2ccccc2-c2ccccc21. The molecule has 1 aliphatic heterocycles. The summed E-state index contributed by atoms with van der Waals surface area (Å²) in [6, 6.07) is 15.8. The van der Waals surface area contributed by atoms with Crippen molar-refractivity contribution in [3.8, 4) is 11.1 Å². The van der Waals surface area contributed by atoms with Gasteiger partial charge in [-0.3, -0.25) is 4.90 Å². The van der Waals surface area contributed by atoms with Crippen molar-refractivity contribution in [2.24, 2.45) is 0 Å². The summed E-state index contributed by atoms with van der Waals surface area (Å²) in [4.78, 5) is 25.8. The molecule has 0 N–H and O–H groups in total. The topological polar surface area (TPSA) is 55.8 Å². The summed E-state index contributed by atoms with van der Waals surface area (Å²) in [6.07, 6.45) is 2.33. The Morgan fingerprint density at radius 2 is 1.78 bits per heavy atom. The minimum atomic E-state index is -0.598. The Morgan fingerprint density at radius 1 is 1.15 bits per heavy atom. The third-order valence-electron chi connectivity index (χ3n) is 5.21. The van der Waals surface area contributed by atoms with Crippen LogP contribution in [0.25, 0.3) is 11.1 Å². The lowest BCUT2D eigenvalue weighted by Gasteiger charge is -2.21. The zero-order valence-electron chi connectivity index (χ0n) is 15.0. The molecule has 2 aliphatic rings. The number of benzene rings is 2. The van der Waals surface area contributed by atoms with Gasteiger partial charge in [-0.25, -0.2) is 9.59 Å². The molecule has 138 valence electrons. The molecule has 0 saturated carbocycles. The van der Waals surface area contributed by atoms with Gasteiger partial charge in [0.05, 0.1) is 0 Å². The van der Waals surface area contributed by atoms with Crippen LogP contribution in [0.15, 0.2) is 61.2 Å². The first-order valence-electron chi connectivity index (χ1n) is 9.10. The zero-order valence-corrected chi connectivity index (χ0v) is 15.0. The van der Waals surface area contributed by atoms with Crippen LogP contribution in [0.5, 0.6) is 0 Å². The molecular formula is C22H21NO4. The summed E-state index contributed by atoms with van der Waals surface area (Å²) in [5.41, 5.74) is 4.67. The molecule has 5 nitrogen and oxygen atoms in total. The molecule has 27 heavy (non-hydrogen) atoms. The number of carbonyl (C=O) groups excluding carboxylic acids is 2. The maximum atomic E-state index is 12.6. The number of fused-ring (bicyclic) bond motifs is 3. The van der Waals surface area contributed by atoms with Gasteiger partial charge in [-0.2, -0.15) is 0 Å². The summed E-state index contributed by atoms with van der Waals surface area (Å²) >= 11 is 0. The molecule has 1 amide bonds. The Morgan fingerprint density at radius 3 is 2.41 bits per heavy atom. The first-order valence-corrected chi connectivity index (χ1v) is 9.10. The van der Waals surface area contributed by atoms with E-state index in [4.69, 9.17) is 9.47 Å². The van der Waals surface area contributed by atoms with E-state index in [-0.39, 0.29) is 25.2 Å². The molecule has 2 aromatic rings. The van der Waals surface area contributed by atoms with E-state index in [1.807, 2.05) is 24.3 Å². The molecule has 4 rings (SSSR count). The van der Waals surface area contributed by atoms with E-state index in [0.29, 0.717) is 12.8 Å². The van der Waals surface area contributed by atoms with Gasteiger partial charge in [0.25, 0.3) is 0 Å². The van der Waals surface area contributed by atoms with Crippen LogP contribution in [0.1, 0.15) is 29.9 Å². The van der Waals surface area contributed by atoms with Crippen LogP contribution >= 0.6 is 0 Å². The van der Waals surface area contributed by atoms with Crippen LogP contribution in [0.4, 0.5) is 4.79 Å². The molecule has 2 aromatic carbocycles. The molecule has 1 aliphatic carbocycles. The molecule has 1 atom stereocenters. The quantitative estimate of drug-likeness (QED) is 0.593. The highest BCUT2D eigenvalue weighted by Gasteiger charge is 2.39. The highest BCUT2D eigenvalue weighted by molar-refractivity contribution is 5.84. The lowest BCUT2D eigenvalue weighted by molar-refractivity contribution is -0.139. The van der Waals surface area contributed by atoms with Crippen LogP contribution in [-0.2, 0) is 14.3 Å². The summed E-state index contributed by atoms with van der Waals surface area (Å²) in [5.74, 6) is -0.391. The lowest BCUT2D eigenvalue weighted by Crippen LogP contribution is -2.39. The van der Waals surface area contributed by atoms with Crippen LogP contribution in [0.3, 0.4) is 0 Å². The smallest absolute Gasteiger partial charge is 0.413 e. The second-order valence-corrected chi connectivity index (χ2v) is 6.75. The third-order valence-corrected chi connectivity index (χ3v) is 5.21. The Bertz CT molecular complexity index is 846. The van der Waals surface area contributed by atoms with Crippen molar-refractivity contribution in [1.29, 1.82) is 0 Å². The minimum absolute atomic E-state index is 0.00722. The van der Waals surface area contributed by atoms with Crippen molar-refractivity contribution in [2.45, 2.75) is 24.8 Å². The number of hydrogen-bond donors (Lipinski definition) is 0. The monoisotopic (exact) mass is 363 g/mol. The second-order valence-electron chi connectivity index (χ2n) is 6.75. The van der Waals surface area contributed by atoms with Gasteiger partial charge in [0.2, 0.25) is 0 Å². The molecular weight excluding hydrogens is 342 g/mol. The fourth-order valence-corrected chi connectivity index (χ4v) is 3.85. The number of cyclic esters (lactones) is 1. The first kappa shape index (κ1) is 17.3. The molecule has 0 aromatic heterocycles. The highest BCUT2D eigenvalue weighted by Crippen LogP contribution is 2.44. The maximum absolute atomic E-state index is 12.6. The molecule has 1 heterocycles. The average molecular weight is 363 g/mol. The number of rotatable bonds is 5. The van der Waals surface area contributed by atoms with Crippen LogP contribution in [0.2, 0.25) is 0 Å².